The number of hydrogen-bond acceptors (Lipinski definition) is 3. The van der Waals surface area contributed by atoms with Crippen LogP contribution in [0.5, 0.6) is 0 Å². The van der Waals surface area contributed by atoms with E-state index in [0.717, 1.165) is 10.8 Å². The molecular formula is C15H9N3O2. The van der Waals surface area contributed by atoms with Crippen molar-refractivity contribution in [1.29, 1.82) is 5.26 Å². The van der Waals surface area contributed by atoms with Crippen LogP contribution >= 0.6 is 0 Å². The van der Waals surface area contributed by atoms with E-state index in [4.69, 9.17) is 5.11 Å². The zero-order valence-corrected chi connectivity index (χ0v) is 10.3. The van der Waals surface area contributed by atoms with Crippen molar-refractivity contribution < 1.29 is 9.90 Å². The highest BCUT2D eigenvalue weighted by molar-refractivity contribution is 5.90. The Morgan fingerprint density at radius 3 is 2.80 bits per heavy atom. The van der Waals surface area contributed by atoms with Gasteiger partial charge in [0.15, 0.2) is 0 Å². The van der Waals surface area contributed by atoms with E-state index in [1.165, 1.54) is 17.1 Å². The van der Waals surface area contributed by atoms with Gasteiger partial charge in [0.05, 0.1) is 29.1 Å². The summed E-state index contributed by atoms with van der Waals surface area (Å²) < 4.78 is 1.46. The Balaban J connectivity index is 2.21. The Hall–Kier alpha value is -3.13. The molecule has 0 saturated carbocycles. The Bertz CT molecular complexity index is 859. The molecule has 5 heteroatoms. The molecule has 96 valence electrons. The molecule has 0 fully saturated rings. The number of aromatic carboxylic acids is 1. The average molecular weight is 263 g/mol. The molecule has 0 bridgehead atoms. The largest absolute Gasteiger partial charge is 0.478 e. The van der Waals surface area contributed by atoms with Crippen molar-refractivity contribution >= 4 is 16.7 Å². The van der Waals surface area contributed by atoms with E-state index in [1.54, 1.807) is 6.07 Å². The van der Waals surface area contributed by atoms with Crippen LogP contribution in [0.25, 0.3) is 16.5 Å². The first kappa shape index (κ1) is 11.9. The predicted octanol–water partition coefficient (Wildman–Crippen LogP) is 2.60. The number of carboxylic acids is 1. The minimum absolute atomic E-state index is 0.108. The SMILES string of the molecule is N#Cc1cc(-n2cc(C(=O)O)cn2)cc2ccccc12. The molecule has 0 spiro atoms. The molecule has 3 aromatic rings. The third-order valence-electron chi connectivity index (χ3n) is 3.06. The number of nitriles is 1. The summed E-state index contributed by atoms with van der Waals surface area (Å²) in [6.45, 7) is 0. The van der Waals surface area contributed by atoms with Crippen molar-refractivity contribution in [3.8, 4) is 11.8 Å². The maximum absolute atomic E-state index is 10.9. The van der Waals surface area contributed by atoms with Gasteiger partial charge in [-0.2, -0.15) is 10.4 Å². The molecule has 0 atom stereocenters. The maximum atomic E-state index is 10.9. The Labute approximate surface area is 114 Å². The van der Waals surface area contributed by atoms with Crippen molar-refractivity contribution in [3.05, 3.63) is 59.9 Å². The highest BCUT2D eigenvalue weighted by Gasteiger charge is 2.09. The minimum atomic E-state index is -1.03. The van der Waals surface area contributed by atoms with Gasteiger partial charge in [0.25, 0.3) is 0 Å². The molecule has 2 aromatic carbocycles. The molecular weight excluding hydrogens is 254 g/mol. The van der Waals surface area contributed by atoms with Crippen LogP contribution in [0.2, 0.25) is 0 Å². The number of fused-ring (bicyclic) bond motifs is 1. The number of carboxylic acid groups (broad SMARTS) is 1. The highest BCUT2D eigenvalue weighted by Crippen LogP contribution is 2.22. The number of rotatable bonds is 2. The smallest absolute Gasteiger partial charge is 0.338 e. The first-order valence-electron chi connectivity index (χ1n) is 5.90. The van der Waals surface area contributed by atoms with Gasteiger partial charge in [-0.15, -0.1) is 0 Å². The lowest BCUT2D eigenvalue weighted by Gasteiger charge is -2.05. The van der Waals surface area contributed by atoms with E-state index >= 15 is 0 Å². The van der Waals surface area contributed by atoms with E-state index in [2.05, 4.69) is 11.2 Å². The van der Waals surface area contributed by atoms with Gasteiger partial charge < -0.3 is 5.11 Å². The maximum Gasteiger partial charge on any atom is 0.338 e. The van der Waals surface area contributed by atoms with Gasteiger partial charge in [0.1, 0.15) is 0 Å². The lowest BCUT2D eigenvalue weighted by Crippen LogP contribution is -1.97. The predicted molar refractivity (Wildman–Crippen MR) is 72.7 cm³/mol. The number of hydrogen-bond donors (Lipinski definition) is 1. The zero-order chi connectivity index (χ0) is 14.1. The summed E-state index contributed by atoms with van der Waals surface area (Å²) in [5, 5.41) is 23.9. The molecule has 0 aliphatic carbocycles. The van der Waals surface area contributed by atoms with E-state index in [1.807, 2.05) is 30.3 Å². The van der Waals surface area contributed by atoms with Gasteiger partial charge in [-0.05, 0) is 22.9 Å². The summed E-state index contributed by atoms with van der Waals surface area (Å²) in [7, 11) is 0. The van der Waals surface area contributed by atoms with Gasteiger partial charge in [-0.25, -0.2) is 9.48 Å². The third-order valence-corrected chi connectivity index (χ3v) is 3.06. The Kier molecular flexibility index (Phi) is 2.70. The first-order chi connectivity index (χ1) is 9.69. The topological polar surface area (TPSA) is 78.9 Å². The van der Waals surface area contributed by atoms with Gasteiger partial charge in [-0.3, -0.25) is 0 Å². The summed E-state index contributed by atoms with van der Waals surface area (Å²) in [5.74, 6) is -1.03. The molecule has 20 heavy (non-hydrogen) atoms. The fourth-order valence-corrected chi connectivity index (χ4v) is 2.09. The summed E-state index contributed by atoms with van der Waals surface area (Å²) in [6.07, 6.45) is 2.71. The lowest BCUT2D eigenvalue weighted by atomic mass is 10.0. The van der Waals surface area contributed by atoms with Crippen molar-refractivity contribution in [2.45, 2.75) is 0 Å². The fraction of sp³-hybridized carbons (Fsp3) is 0. The van der Waals surface area contributed by atoms with Crippen molar-refractivity contribution in [2.75, 3.05) is 0 Å². The van der Waals surface area contributed by atoms with Crippen LogP contribution in [-0.2, 0) is 0 Å². The zero-order valence-electron chi connectivity index (χ0n) is 10.3. The molecule has 0 amide bonds. The van der Waals surface area contributed by atoms with Crippen molar-refractivity contribution in [1.82, 2.24) is 9.78 Å². The molecule has 3 rings (SSSR count). The van der Waals surface area contributed by atoms with Gasteiger partial charge in [0, 0.05) is 6.20 Å². The third kappa shape index (κ3) is 1.89. The molecule has 0 unspecified atom stereocenters. The van der Waals surface area contributed by atoms with Crippen LogP contribution in [0, 0.1) is 11.3 Å². The molecule has 0 radical (unpaired) electrons. The summed E-state index contributed by atoms with van der Waals surface area (Å²) in [5.41, 5.74) is 1.30. The number of benzene rings is 2. The average Bonchev–Trinajstić information content (AvgIpc) is 2.96. The van der Waals surface area contributed by atoms with Crippen LogP contribution in [0.3, 0.4) is 0 Å². The van der Waals surface area contributed by atoms with Crippen LogP contribution in [0.15, 0.2) is 48.8 Å². The normalized spacial score (nSPS) is 10.3. The minimum Gasteiger partial charge on any atom is -0.478 e. The molecule has 0 saturated heterocycles. The quantitative estimate of drug-likeness (QED) is 0.770. The van der Waals surface area contributed by atoms with Crippen molar-refractivity contribution in [2.24, 2.45) is 0 Å². The number of aromatic nitrogens is 2. The number of nitrogens with zero attached hydrogens (tertiary/aromatic N) is 3. The van der Waals surface area contributed by atoms with E-state index < -0.39 is 5.97 Å². The highest BCUT2D eigenvalue weighted by atomic mass is 16.4. The van der Waals surface area contributed by atoms with Gasteiger partial charge in [-0.1, -0.05) is 24.3 Å². The Morgan fingerprint density at radius 1 is 1.30 bits per heavy atom. The molecule has 0 aliphatic heterocycles. The van der Waals surface area contributed by atoms with Crippen molar-refractivity contribution in [3.63, 3.8) is 0 Å². The monoisotopic (exact) mass is 263 g/mol. The molecule has 1 N–H and O–H groups in total. The van der Waals surface area contributed by atoms with E-state index in [0.29, 0.717) is 11.3 Å². The first-order valence-corrected chi connectivity index (χ1v) is 5.90. The lowest BCUT2D eigenvalue weighted by molar-refractivity contribution is 0.0697. The number of carbonyl (C=O) groups is 1. The second-order valence-corrected chi connectivity index (χ2v) is 4.31. The van der Waals surface area contributed by atoms with E-state index in [-0.39, 0.29) is 5.56 Å². The van der Waals surface area contributed by atoms with Crippen LogP contribution < -0.4 is 0 Å². The van der Waals surface area contributed by atoms with Crippen LogP contribution in [0.1, 0.15) is 15.9 Å². The van der Waals surface area contributed by atoms with Crippen LogP contribution in [-0.4, -0.2) is 20.9 Å². The molecule has 5 nitrogen and oxygen atoms in total. The van der Waals surface area contributed by atoms with Crippen LogP contribution in [0.4, 0.5) is 0 Å². The summed E-state index contributed by atoms with van der Waals surface area (Å²) >= 11 is 0. The molecule has 0 aliphatic rings. The van der Waals surface area contributed by atoms with E-state index in [9.17, 15) is 10.1 Å². The molecule has 1 aromatic heterocycles. The van der Waals surface area contributed by atoms with Gasteiger partial charge >= 0.3 is 5.97 Å². The second-order valence-electron chi connectivity index (χ2n) is 4.31. The van der Waals surface area contributed by atoms with Gasteiger partial charge in [0.2, 0.25) is 0 Å². The summed E-state index contributed by atoms with van der Waals surface area (Å²) in [4.78, 5) is 10.9. The Morgan fingerprint density at radius 2 is 2.10 bits per heavy atom. The summed E-state index contributed by atoms with van der Waals surface area (Å²) in [6, 6.07) is 13.3. The fourth-order valence-electron chi connectivity index (χ4n) is 2.09. The standard InChI is InChI=1S/C15H9N3O2/c16-7-11-6-13(5-10-3-1-2-4-14(10)11)18-9-12(8-17-18)15(19)20/h1-6,8-9H,(H,19,20). The second kappa shape index (κ2) is 4.52. The molecule has 1 heterocycles.